The van der Waals surface area contributed by atoms with Crippen LogP contribution in [0, 0.1) is 0 Å². The zero-order valence-corrected chi connectivity index (χ0v) is 18.2. The maximum Gasteiger partial charge on any atom is 0.419 e. The summed E-state index contributed by atoms with van der Waals surface area (Å²) in [6, 6.07) is 5.46. The number of anilines is 1. The average Bonchev–Trinajstić information content (AvgIpc) is 2.84. The minimum absolute atomic E-state index is 0.0473. The van der Waals surface area contributed by atoms with E-state index >= 15 is 0 Å². The third kappa shape index (κ3) is 5.50. The van der Waals surface area contributed by atoms with E-state index in [1.807, 2.05) is 12.1 Å². The number of hydrogen-bond donors (Lipinski definition) is 1. The van der Waals surface area contributed by atoms with E-state index < -0.39 is 11.7 Å². The van der Waals surface area contributed by atoms with Gasteiger partial charge in [0.05, 0.1) is 36.8 Å². The van der Waals surface area contributed by atoms with Crippen molar-refractivity contribution in [1.82, 2.24) is 25.1 Å². The molecule has 1 N–H and O–H groups in total. The molecule has 3 heterocycles. The van der Waals surface area contributed by atoms with Gasteiger partial charge in [0, 0.05) is 44.0 Å². The Balaban J connectivity index is 1.19. The summed E-state index contributed by atoms with van der Waals surface area (Å²) in [5, 5.41) is 7.61. The maximum absolute atomic E-state index is 12.7. The van der Waals surface area contributed by atoms with Gasteiger partial charge in [-0.1, -0.05) is 12.1 Å². The Morgan fingerprint density at radius 2 is 1.76 bits per heavy atom. The molecule has 0 atom stereocenters. The highest BCUT2D eigenvalue weighted by molar-refractivity contribution is 5.83. The summed E-state index contributed by atoms with van der Waals surface area (Å²) in [7, 11) is 0. The molecule has 1 aliphatic heterocycles. The average molecular weight is 476 g/mol. The van der Waals surface area contributed by atoms with Crippen molar-refractivity contribution in [3.63, 3.8) is 0 Å². The standard InChI is InChI=1S/C22H23F3N6O3/c23-22(24,25)16-12-26-21(27-13-16)31-8-6-30(7-9-31)19(32)5-11-34-10-4-15-2-1-3-17-18(15)14-28-29-20(17)33/h1-3,12-14H,4-11H2,(H,29,33). The summed E-state index contributed by atoms with van der Waals surface area (Å²) in [6.45, 7) is 2.41. The molecule has 1 saturated heterocycles. The Morgan fingerprint density at radius 1 is 1.03 bits per heavy atom. The van der Waals surface area contributed by atoms with E-state index in [1.165, 1.54) is 0 Å². The molecule has 0 spiro atoms. The number of benzene rings is 1. The summed E-state index contributed by atoms with van der Waals surface area (Å²) in [5.41, 5.74) is -0.185. The molecule has 1 fully saturated rings. The number of H-pyrrole nitrogens is 1. The van der Waals surface area contributed by atoms with Gasteiger partial charge in [-0.15, -0.1) is 0 Å². The molecule has 0 bridgehead atoms. The van der Waals surface area contributed by atoms with Crippen molar-refractivity contribution in [2.45, 2.75) is 19.0 Å². The number of amides is 1. The first-order chi connectivity index (χ1) is 16.3. The molecular formula is C22H23F3N6O3. The number of alkyl halides is 3. The quantitative estimate of drug-likeness (QED) is 0.521. The van der Waals surface area contributed by atoms with Crippen LogP contribution in [0.3, 0.4) is 0 Å². The van der Waals surface area contributed by atoms with Crippen molar-refractivity contribution in [3.8, 4) is 0 Å². The van der Waals surface area contributed by atoms with Crippen LogP contribution < -0.4 is 10.5 Å². The van der Waals surface area contributed by atoms with E-state index in [1.54, 1.807) is 22.1 Å². The second-order valence-corrected chi connectivity index (χ2v) is 7.83. The highest BCUT2D eigenvalue weighted by atomic mass is 19.4. The number of nitrogens with zero attached hydrogens (tertiary/aromatic N) is 5. The third-order valence-corrected chi connectivity index (χ3v) is 5.66. The van der Waals surface area contributed by atoms with Crippen LogP contribution in [-0.2, 0) is 22.1 Å². The van der Waals surface area contributed by atoms with Gasteiger partial charge in [0.2, 0.25) is 11.9 Å². The van der Waals surface area contributed by atoms with Crippen LogP contribution in [0.5, 0.6) is 0 Å². The van der Waals surface area contributed by atoms with E-state index in [0.29, 0.717) is 44.6 Å². The van der Waals surface area contributed by atoms with Crippen LogP contribution in [0.4, 0.5) is 19.1 Å². The van der Waals surface area contributed by atoms with Crippen LogP contribution in [0.2, 0.25) is 0 Å². The van der Waals surface area contributed by atoms with Gasteiger partial charge in [-0.05, 0) is 18.1 Å². The number of piperazine rings is 1. The van der Waals surface area contributed by atoms with Crippen LogP contribution in [-0.4, -0.2) is 70.4 Å². The molecule has 0 unspecified atom stereocenters. The number of hydrogen-bond acceptors (Lipinski definition) is 7. The normalized spacial score (nSPS) is 14.6. The van der Waals surface area contributed by atoms with E-state index in [9.17, 15) is 22.8 Å². The van der Waals surface area contributed by atoms with Crippen LogP contribution in [0.15, 0.2) is 41.6 Å². The molecule has 1 amide bonds. The fourth-order valence-corrected chi connectivity index (χ4v) is 3.79. The molecule has 2 aromatic heterocycles. The molecule has 0 radical (unpaired) electrons. The zero-order valence-electron chi connectivity index (χ0n) is 18.2. The molecule has 12 heteroatoms. The summed E-state index contributed by atoms with van der Waals surface area (Å²) in [5.74, 6) is 0.169. The second kappa shape index (κ2) is 10.2. The first kappa shape index (κ1) is 23.6. The fourth-order valence-electron chi connectivity index (χ4n) is 3.79. The Labute approximate surface area is 192 Å². The second-order valence-electron chi connectivity index (χ2n) is 7.83. The number of halogens is 3. The van der Waals surface area contributed by atoms with Gasteiger partial charge in [-0.2, -0.15) is 18.3 Å². The van der Waals surface area contributed by atoms with Crippen molar-refractivity contribution in [2.24, 2.45) is 0 Å². The molecule has 180 valence electrons. The largest absolute Gasteiger partial charge is 0.419 e. The number of aromatic amines is 1. The van der Waals surface area contributed by atoms with Crippen LogP contribution >= 0.6 is 0 Å². The van der Waals surface area contributed by atoms with E-state index in [-0.39, 0.29) is 30.4 Å². The first-order valence-electron chi connectivity index (χ1n) is 10.8. The van der Waals surface area contributed by atoms with Crippen molar-refractivity contribution in [2.75, 3.05) is 44.3 Å². The topological polar surface area (TPSA) is 104 Å². The molecule has 0 saturated carbocycles. The lowest BCUT2D eigenvalue weighted by atomic mass is 10.1. The van der Waals surface area contributed by atoms with Crippen molar-refractivity contribution < 1.29 is 22.7 Å². The van der Waals surface area contributed by atoms with Gasteiger partial charge in [-0.3, -0.25) is 9.59 Å². The highest BCUT2D eigenvalue weighted by Crippen LogP contribution is 2.28. The maximum atomic E-state index is 12.7. The minimum Gasteiger partial charge on any atom is -0.381 e. The monoisotopic (exact) mass is 476 g/mol. The van der Waals surface area contributed by atoms with E-state index in [0.717, 1.165) is 23.3 Å². The Bertz CT molecular complexity index is 1190. The van der Waals surface area contributed by atoms with Gasteiger partial charge < -0.3 is 14.5 Å². The van der Waals surface area contributed by atoms with Gasteiger partial charge in [0.1, 0.15) is 0 Å². The van der Waals surface area contributed by atoms with E-state index in [4.69, 9.17) is 4.74 Å². The van der Waals surface area contributed by atoms with Crippen molar-refractivity contribution in [3.05, 3.63) is 58.3 Å². The van der Waals surface area contributed by atoms with Gasteiger partial charge >= 0.3 is 6.18 Å². The fraction of sp³-hybridized carbons (Fsp3) is 0.409. The lowest BCUT2D eigenvalue weighted by molar-refractivity contribution is -0.138. The number of carbonyl (C=O) groups is 1. The third-order valence-electron chi connectivity index (χ3n) is 5.66. The molecule has 0 aliphatic carbocycles. The van der Waals surface area contributed by atoms with Gasteiger partial charge in [0.25, 0.3) is 5.56 Å². The van der Waals surface area contributed by atoms with Crippen LogP contribution in [0.1, 0.15) is 17.5 Å². The molecule has 3 aromatic rings. The minimum atomic E-state index is -4.48. The molecule has 34 heavy (non-hydrogen) atoms. The zero-order chi connectivity index (χ0) is 24.1. The number of fused-ring (bicyclic) bond motifs is 1. The van der Waals surface area contributed by atoms with E-state index in [2.05, 4.69) is 20.2 Å². The molecule has 4 rings (SSSR count). The number of aromatic nitrogens is 4. The van der Waals surface area contributed by atoms with Crippen molar-refractivity contribution in [1.29, 1.82) is 0 Å². The lowest BCUT2D eigenvalue weighted by Gasteiger charge is -2.34. The summed E-state index contributed by atoms with van der Waals surface area (Å²) >= 11 is 0. The molecule has 9 nitrogen and oxygen atoms in total. The molecule has 1 aromatic carbocycles. The Kier molecular flexibility index (Phi) is 7.06. The van der Waals surface area contributed by atoms with Gasteiger partial charge in [0.15, 0.2) is 0 Å². The number of rotatable bonds is 7. The summed E-state index contributed by atoms with van der Waals surface area (Å²) in [4.78, 5) is 35.4. The Hall–Kier alpha value is -3.54. The summed E-state index contributed by atoms with van der Waals surface area (Å²) < 4.78 is 43.6. The SMILES string of the molecule is O=C(CCOCCc1cccc2c(=O)[nH]ncc12)N1CCN(c2ncc(C(F)(F)F)cn2)CC1. The first-order valence-corrected chi connectivity index (χ1v) is 10.8. The number of carbonyl (C=O) groups excluding carboxylic acids is 1. The lowest BCUT2D eigenvalue weighted by Crippen LogP contribution is -2.49. The van der Waals surface area contributed by atoms with Gasteiger partial charge in [-0.25, -0.2) is 15.1 Å². The van der Waals surface area contributed by atoms with Crippen LogP contribution in [0.25, 0.3) is 10.8 Å². The predicted molar refractivity (Wildman–Crippen MR) is 117 cm³/mol. The summed E-state index contributed by atoms with van der Waals surface area (Å²) in [6.07, 6.45) is -0.508. The molecular weight excluding hydrogens is 453 g/mol. The predicted octanol–water partition coefficient (Wildman–Crippen LogP) is 2.03. The Morgan fingerprint density at radius 3 is 2.47 bits per heavy atom. The van der Waals surface area contributed by atoms with Crippen molar-refractivity contribution >= 4 is 22.6 Å². The molecule has 1 aliphatic rings. The number of ether oxygens (including phenoxy) is 1. The highest BCUT2D eigenvalue weighted by Gasteiger charge is 2.32. The number of nitrogens with one attached hydrogen (secondary N) is 1. The smallest absolute Gasteiger partial charge is 0.381 e.